The van der Waals surface area contributed by atoms with Gasteiger partial charge in [-0.05, 0) is 55.4 Å². The quantitative estimate of drug-likeness (QED) is 0.0689. The number of allylic oxidation sites excluding steroid dienone is 1. The van der Waals surface area contributed by atoms with Gasteiger partial charge in [-0.25, -0.2) is 5.21 Å². The fraction of sp³-hybridized carbons (Fsp3) is 0.259. The molecule has 0 radical (unpaired) electrons. The molecule has 0 spiro atoms. The number of nitrogens with two attached hydrogens (primary N) is 1. The Morgan fingerprint density at radius 3 is 2.58 bits per heavy atom. The van der Waals surface area contributed by atoms with Gasteiger partial charge in [-0.15, -0.1) is 9.24 Å². The highest BCUT2D eigenvalue weighted by atomic mass is 31.0. The first-order chi connectivity index (χ1) is 18.0. The zero-order valence-electron chi connectivity index (χ0n) is 21.8. The second kappa shape index (κ2) is 12.8. The molecule has 2 amide bonds. The lowest BCUT2D eigenvalue weighted by Gasteiger charge is -2.19. The summed E-state index contributed by atoms with van der Waals surface area (Å²) < 4.78 is 0. The number of fused-ring (bicyclic) bond motifs is 1. The number of para-hydroxylation sites is 2. The predicted molar refractivity (Wildman–Crippen MR) is 153 cm³/mol. The van der Waals surface area contributed by atoms with Crippen LogP contribution in [0.3, 0.4) is 0 Å². The highest BCUT2D eigenvalue weighted by molar-refractivity contribution is 7.27. The zero-order chi connectivity index (χ0) is 28.0. The summed E-state index contributed by atoms with van der Waals surface area (Å²) >= 11 is 0. The number of hydrazine groups is 1. The number of carbonyl (C=O) groups excluding carboxylic acids is 2. The van der Waals surface area contributed by atoms with Crippen molar-refractivity contribution in [1.82, 2.24) is 10.6 Å². The second-order valence-corrected chi connectivity index (χ2v) is 9.92. The normalized spacial score (nSPS) is 16.0. The molecule has 202 valence electrons. The number of nitrogens with one attached hydrogen (secondary N) is 5. The van der Waals surface area contributed by atoms with E-state index in [1.54, 1.807) is 38.1 Å². The molecule has 10 nitrogen and oxygen atoms in total. The van der Waals surface area contributed by atoms with Crippen LogP contribution in [0.15, 0.2) is 71.5 Å². The molecular weight excluding hydrogens is 503 g/mol. The molecule has 1 heterocycles. The van der Waals surface area contributed by atoms with Gasteiger partial charge in [0, 0.05) is 41.7 Å². The third-order valence-corrected chi connectivity index (χ3v) is 6.54. The van der Waals surface area contributed by atoms with Crippen LogP contribution in [0.25, 0.3) is 5.57 Å². The first-order valence-corrected chi connectivity index (χ1v) is 12.7. The molecule has 0 aliphatic carbocycles. The van der Waals surface area contributed by atoms with E-state index < -0.39 is 12.0 Å². The Labute approximate surface area is 224 Å². The summed E-state index contributed by atoms with van der Waals surface area (Å²) in [6.45, 7) is 9.47. The van der Waals surface area contributed by atoms with E-state index in [4.69, 9.17) is 5.84 Å². The summed E-state index contributed by atoms with van der Waals surface area (Å²) in [5, 5.41) is 30.6. The number of anilines is 2. The van der Waals surface area contributed by atoms with Gasteiger partial charge in [0.2, 0.25) is 0 Å². The van der Waals surface area contributed by atoms with Gasteiger partial charge in [-0.2, -0.15) is 5.06 Å². The number of carbonyl (C=O) groups is 2. The Bertz CT molecular complexity index is 1310. The predicted octanol–water partition coefficient (Wildman–Crippen LogP) is 0.721. The number of hydrogen-bond acceptors (Lipinski definition) is 7. The number of hydroxylamine groups is 1. The Kier molecular flexibility index (Phi) is 9.79. The molecule has 3 unspecified atom stereocenters. The largest absolute Gasteiger partial charge is 0.385 e. The van der Waals surface area contributed by atoms with Crippen molar-refractivity contribution < 1.29 is 25.0 Å². The van der Waals surface area contributed by atoms with Crippen molar-refractivity contribution in [1.29, 1.82) is 0 Å². The first kappa shape index (κ1) is 29.0. The maximum absolute atomic E-state index is 13.0. The molecule has 3 rings (SSSR count). The average molecular weight is 540 g/mol. The van der Waals surface area contributed by atoms with Gasteiger partial charge in [-0.1, -0.05) is 24.8 Å². The van der Waals surface area contributed by atoms with Crippen LogP contribution in [-0.4, -0.2) is 47.9 Å². The van der Waals surface area contributed by atoms with Crippen molar-refractivity contribution in [2.75, 3.05) is 30.4 Å². The lowest BCUT2D eigenvalue weighted by molar-refractivity contribution is -1.04. The minimum Gasteiger partial charge on any atom is -0.385 e. The van der Waals surface area contributed by atoms with Gasteiger partial charge in [0.15, 0.2) is 5.69 Å². The van der Waals surface area contributed by atoms with E-state index in [0.29, 0.717) is 40.3 Å². The number of rotatable bonds is 11. The van der Waals surface area contributed by atoms with Gasteiger partial charge in [0.1, 0.15) is 18.3 Å². The lowest BCUT2D eigenvalue weighted by atomic mass is 10.0. The Hall–Kier alpha value is -3.53. The molecule has 0 aromatic heterocycles. The van der Waals surface area contributed by atoms with Crippen molar-refractivity contribution in [3.63, 3.8) is 0 Å². The van der Waals surface area contributed by atoms with Crippen LogP contribution in [-0.2, 0) is 9.59 Å². The maximum Gasteiger partial charge on any atom is 0.256 e. The number of benzene rings is 2. The Morgan fingerprint density at radius 2 is 1.89 bits per heavy atom. The lowest BCUT2D eigenvalue weighted by Crippen LogP contribution is -3.06. The van der Waals surface area contributed by atoms with Crippen LogP contribution in [0.5, 0.6) is 0 Å². The summed E-state index contributed by atoms with van der Waals surface area (Å²) in [6, 6.07) is 12.6. The van der Waals surface area contributed by atoms with E-state index in [-0.39, 0.29) is 24.1 Å². The summed E-state index contributed by atoms with van der Waals surface area (Å²) in [5.74, 6) is 4.91. The molecule has 0 saturated carbocycles. The second-order valence-electron chi connectivity index (χ2n) is 9.25. The standard InChI is InChI=1S/C27H35N6O4P/c1-15(2)24(26(35)30-13-18(34)14-33(37)23-8-6-5-7-22(23)32-28)17(4)29-12-16(3)25-20-11-19(38)9-10-21(20)31-27(25)36/h5-11,18,29,32,34,37H,1,12-14,28,38H2,2-4H3,(H,30,35)(H,31,36)/p+1/b24-17+,25-16-. The number of aliphatic hydroxyl groups is 1. The van der Waals surface area contributed by atoms with Crippen LogP contribution < -0.4 is 37.6 Å². The minimum absolute atomic E-state index is 0.0522. The topological polar surface area (TPSA) is 153 Å². The van der Waals surface area contributed by atoms with E-state index in [2.05, 4.69) is 37.2 Å². The van der Waals surface area contributed by atoms with Crippen LogP contribution in [0.4, 0.5) is 17.1 Å². The van der Waals surface area contributed by atoms with Crippen LogP contribution >= 0.6 is 9.24 Å². The summed E-state index contributed by atoms with van der Waals surface area (Å²) in [6.07, 6.45) is -1.03. The summed E-state index contributed by atoms with van der Waals surface area (Å²) in [5.41, 5.74) is 8.03. The van der Waals surface area contributed by atoms with E-state index in [1.807, 2.05) is 25.1 Å². The average Bonchev–Trinajstić information content (AvgIpc) is 3.20. The van der Waals surface area contributed by atoms with Gasteiger partial charge in [0.25, 0.3) is 11.8 Å². The monoisotopic (exact) mass is 539 g/mol. The van der Waals surface area contributed by atoms with Crippen LogP contribution in [0.1, 0.15) is 26.3 Å². The van der Waals surface area contributed by atoms with E-state index in [1.165, 1.54) is 0 Å². The molecule has 11 heteroatoms. The molecule has 1 aliphatic heterocycles. The summed E-state index contributed by atoms with van der Waals surface area (Å²) in [7, 11) is 2.63. The van der Waals surface area contributed by atoms with E-state index in [0.717, 1.165) is 22.1 Å². The fourth-order valence-corrected chi connectivity index (χ4v) is 4.56. The number of amides is 2. The van der Waals surface area contributed by atoms with Crippen molar-refractivity contribution in [2.45, 2.75) is 26.9 Å². The van der Waals surface area contributed by atoms with Crippen molar-refractivity contribution >= 4 is 49.0 Å². The van der Waals surface area contributed by atoms with Gasteiger partial charge in [0.05, 0.1) is 5.57 Å². The fourth-order valence-electron chi connectivity index (χ4n) is 4.30. The van der Waals surface area contributed by atoms with Gasteiger partial charge in [-0.3, -0.25) is 15.4 Å². The molecular formula is C27H36N6O4P+. The Balaban J connectivity index is 1.65. The smallest absolute Gasteiger partial charge is 0.256 e. The molecule has 2 aromatic carbocycles. The van der Waals surface area contributed by atoms with Crippen molar-refractivity contribution in [3.8, 4) is 0 Å². The third-order valence-electron chi connectivity index (χ3n) is 6.18. The first-order valence-electron chi connectivity index (χ1n) is 12.1. The molecule has 1 aliphatic rings. The van der Waals surface area contributed by atoms with Crippen LogP contribution in [0, 0.1) is 0 Å². The van der Waals surface area contributed by atoms with Crippen LogP contribution in [0.2, 0.25) is 0 Å². The van der Waals surface area contributed by atoms with E-state index in [9.17, 15) is 19.9 Å². The minimum atomic E-state index is -1.03. The highest BCUT2D eigenvalue weighted by Crippen LogP contribution is 2.33. The van der Waals surface area contributed by atoms with E-state index >= 15 is 0 Å². The number of aliphatic hydroxyl groups excluding tert-OH is 1. The highest BCUT2D eigenvalue weighted by Gasteiger charge is 2.26. The summed E-state index contributed by atoms with van der Waals surface area (Å²) in [4.78, 5) is 25.6. The Morgan fingerprint density at radius 1 is 1.18 bits per heavy atom. The molecule has 0 bridgehead atoms. The van der Waals surface area contributed by atoms with Crippen molar-refractivity contribution in [2.24, 2.45) is 5.84 Å². The maximum atomic E-state index is 13.0. The molecule has 0 saturated heterocycles. The van der Waals surface area contributed by atoms with Gasteiger partial charge < -0.3 is 26.5 Å². The molecule has 3 atom stereocenters. The number of hydrogen-bond donors (Lipinski definition) is 8. The SMILES string of the molecule is C=C(C)/C(C(=O)NCC(O)C[NH+](O)c1ccccc1NN)=C(/C)NC/C(C)=C1\C(=O)Nc2ccc(P)cc21. The van der Waals surface area contributed by atoms with Crippen molar-refractivity contribution in [3.05, 3.63) is 77.0 Å². The molecule has 2 aromatic rings. The molecule has 0 fully saturated rings. The third kappa shape index (κ3) is 6.86. The number of quaternary nitrogens is 1. The van der Waals surface area contributed by atoms with Gasteiger partial charge >= 0.3 is 0 Å². The zero-order valence-corrected chi connectivity index (χ0v) is 23.0. The molecule has 38 heavy (non-hydrogen) atoms. The molecule has 9 N–H and O–H groups in total. The number of nitrogen functional groups attached to an aromatic ring is 1.